The van der Waals surface area contributed by atoms with E-state index < -0.39 is 23.8 Å². The third-order valence-corrected chi connectivity index (χ3v) is 2.43. The van der Waals surface area contributed by atoms with Gasteiger partial charge in [0.05, 0.1) is 12.1 Å². The summed E-state index contributed by atoms with van der Waals surface area (Å²) in [7, 11) is 0. The number of amides is 1. The Bertz CT molecular complexity index is 439. The molecular formula is C14H21NO4. The van der Waals surface area contributed by atoms with Crippen LogP contribution in [-0.4, -0.2) is 27.9 Å². The lowest BCUT2D eigenvalue weighted by Crippen LogP contribution is -2.40. The zero-order valence-electron chi connectivity index (χ0n) is 11.7. The Morgan fingerprint density at radius 3 is 2.53 bits per heavy atom. The summed E-state index contributed by atoms with van der Waals surface area (Å²) in [5.74, 6) is 0.0704. The lowest BCUT2D eigenvalue weighted by molar-refractivity contribution is 0.0436. The number of rotatable bonds is 3. The molecule has 1 aromatic rings. The molecule has 19 heavy (non-hydrogen) atoms. The maximum atomic E-state index is 11.6. The quantitative estimate of drug-likeness (QED) is 0.785. The Labute approximate surface area is 113 Å². The summed E-state index contributed by atoms with van der Waals surface area (Å²) in [6.45, 7) is 6.97. The summed E-state index contributed by atoms with van der Waals surface area (Å²) in [5.41, 5.74) is -0.0525. The minimum absolute atomic E-state index is 0.0704. The Balaban J connectivity index is 2.63. The van der Waals surface area contributed by atoms with Gasteiger partial charge >= 0.3 is 6.09 Å². The highest BCUT2D eigenvalue weighted by Gasteiger charge is 2.22. The Kier molecular flexibility index (Phi) is 4.78. The van der Waals surface area contributed by atoms with E-state index in [1.54, 1.807) is 39.8 Å². The molecule has 1 aromatic carbocycles. The minimum atomic E-state index is -0.917. The molecule has 0 radical (unpaired) electrons. The van der Waals surface area contributed by atoms with Crippen LogP contribution < -0.4 is 5.32 Å². The Morgan fingerprint density at radius 2 is 2.00 bits per heavy atom. The molecule has 0 saturated carbocycles. The van der Waals surface area contributed by atoms with Crippen molar-refractivity contribution in [3.05, 3.63) is 29.8 Å². The van der Waals surface area contributed by atoms with E-state index in [1.165, 1.54) is 12.1 Å². The van der Waals surface area contributed by atoms with Gasteiger partial charge in [-0.15, -0.1) is 0 Å². The molecule has 5 nitrogen and oxygen atoms in total. The average Bonchev–Trinajstić information content (AvgIpc) is 2.25. The minimum Gasteiger partial charge on any atom is -0.508 e. The molecular weight excluding hydrogens is 246 g/mol. The van der Waals surface area contributed by atoms with Gasteiger partial charge in [0, 0.05) is 0 Å². The van der Waals surface area contributed by atoms with Crippen LogP contribution in [0.2, 0.25) is 0 Å². The van der Waals surface area contributed by atoms with E-state index in [-0.39, 0.29) is 5.75 Å². The van der Waals surface area contributed by atoms with Crippen molar-refractivity contribution in [2.45, 2.75) is 45.4 Å². The van der Waals surface area contributed by atoms with E-state index in [0.29, 0.717) is 5.56 Å². The van der Waals surface area contributed by atoms with Crippen LogP contribution in [0.1, 0.15) is 39.4 Å². The number of hydrogen-bond donors (Lipinski definition) is 3. The number of aliphatic hydroxyl groups excluding tert-OH is 1. The largest absolute Gasteiger partial charge is 0.508 e. The lowest BCUT2D eigenvalue weighted by atomic mass is 10.0. The summed E-state index contributed by atoms with van der Waals surface area (Å²) >= 11 is 0. The van der Waals surface area contributed by atoms with Crippen LogP contribution in [0.5, 0.6) is 5.75 Å². The van der Waals surface area contributed by atoms with Gasteiger partial charge in [0.2, 0.25) is 0 Å². The van der Waals surface area contributed by atoms with E-state index in [4.69, 9.17) is 4.74 Å². The Hall–Kier alpha value is -1.75. The zero-order chi connectivity index (χ0) is 14.6. The van der Waals surface area contributed by atoms with Crippen LogP contribution in [0.4, 0.5) is 4.79 Å². The molecule has 106 valence electrons. The summed E-state index contributed by atoms with van der Waals surface area (Å²) in [5, 5.41) is 22.0. The van der Waals surface area contributed by atoms with Gasteiger partial charge in [0.1, 0.15) is 11.4 Å². The molecule has 3 N–H and O–H groups in total. The first kappa shape index (κ1) is 15.3. The van der Waals surface area contributed by atoms with E-state index in [2.05, 4.69) is 5.32 Å². The fraction of sp³-hybridized carbons (Fsp3) is 0.500. The lowest BCUT2D eigenvalue weighted by Gasteiger charge is -2.24. The second kappa shape index (κ2) is 5.93. The molecule has 0 bridgehead atoms. The van der Waals surface area contributed by atoms with Gasteiger partial charge in [0.25, 0.3) is 0 Å². The second-order valence-corrected chi connectivity index (χ2v) is 5.47. The Morgan fingerprint density at radius 1 is 1.37 bits per heavy atom. The number of alkyl carbamates (subject to hydrolysis) is 1. The number of carbonyl (C=O) groups is 1. The van der Waals surface area contributed by atoms with E-state index in [9.17, 15) is 15.0 Å². The average molecular weight is 267 g/mol. The van der Waals surface area contributed by atoms with E-state index >= 15 is 0 Å². The van der Waals surface area contributed by atoms with E-state index in [1.807, 2.05) is 0 Å². The number of hydrogen-bond acceptors (Lipinski definition) is 4. The molecule has 0 spiro atoms. The smallest absolute Gasteiger partial charge is 0.407 e. The second-order valence-electron chi connectivity index (χ2n) is 5.47. The highest BCUT2D eigenvalue weighted by molar-refractivity contribution is 5.68. The zero-order valence-corrected chi connectivity index (χ0v) is 11.7. The van der Waals surface area contributed by atoms with Crippen molar-refractivity contribution in [1.29, 1.82) is 0 Å². The summed E-state index contributed by atoms with van der Waals surface area (Å²) in [6.07, 6.45) is -1.50. The molecule has 0 aromatic heterocycles. The molecule has 0 fully saturated rings. The SMILES string of the molecule is C[C@@H](NC(=O)OC(C)(C)C)[C@H](O)c1cccc(O)c1. The highest BCUT2D eigenvalue weighted by Crippen LogP contribution is 2.21. The first-order valence-corrected chi connectivity index (χ1v) is 6.15. The molecule has 0 saturated heterocycles. The van der Waals surface area contributed by atoms with Gasteiger partial charge in [-0.1, -0.05) is 12.1 Å². The van der Waals surface area contributed by atoms with E-state index in [0.717, 1.165) is 0 Å². The van der Waals surface area contributed by atoms with Crippen molar-refractivity contribution in [3.8, 4) is 5.75 Å². The molecule has 0 aliphatic heterocycles. The predicted molar refractivity (Wildman–Crippen MR) is 71.9 cm³/mol. The van der Waals surface area contributed by atoms with Crippen LogP contribution in [0.15, 0.2) is 24.3 Å². The van der Waals surface area contributed by atoms with Crippen LogP contribution in [-0.2, 0) is 4.74 Å². The summed E-state index contributed by atoms with van der Waals surface area (Å²) < 4.78 is 5.11. The van der Waals surface area contributed by atoms with Crippen molar-refractivity contribution in [2.24, 2.45) is 0 Å². The van der Waals surface area contributed by atoms with Gasteiger partial charge in [-0.05, 0) is 45.4 Å². The molecule has 0 heterocycles. The van der Waals surface area contributed by atoms with Crippen LogP contribution in [0.25, 0.3) is 0 Å². The summed E-state index contributed by atoms with van der Waals surface area (Å²) in [6, 6.07) is 5.75. The van der Waals surface area contributed by atoms with Gasteiger partial charge in [0.15, 0.2) is 0 Å². The third-order valence-electron chi connectivity index (χ3n) is 2.43. The number of carbonyl (C=O) groups excluding carboxylic acids is 1. The first-order chi connectivity index (χ1) is 8.69. The topological polar surface area (TPSA) is 78.8 Å². The predicted octanol–water partition coefficient (Wildman–Crippen LogP) is 2.34. The van der Waals surface area contributed by atoms with Crippen molar-refractivity contribution in [2.75, 3.05) is 0 Å². The monoisotopic (exact) mass is 267 g/mol. The number of nitrogens with one attached hydrogen (secondary N) is 1. The van der Waals surface area contributed by atoms with Gasteiger partial charge in [-0.2, -0.15) is 0 Å². The van der Waals surface area contributed by atoms with Crippen molar-refractivity contribution in [1.82, 2.24) is 5.32 Å². The molecule has 5 heteroatoms. The van der Waals surface area contributed by atoms with Gasteiger partial charge in [-0.3, -0.25) is 0 Å². The fourth-order valence-corrected chi connectivity index (χ4v) is 1.57. The van der Waals surface area contributed by atoms with Gasteiger partial charge < -0.3 is 20.3 Å². The number of ether oxygens (including phenoxy) is 1. The standard InChI is InChI=1S/C14H21NO4/c1-9(15-13(18)19-14(2,3)4)12(17)10-6-5-7-11(16)8-10/h5-9,12,16-17H,1-4H3,(H,15,18)/t9-,12+/m1/s1. The first-order valence-electron chi connectivity index (χ1n) is 6.15. The summed E-state index contributed by atoms with van der Waals surface area (Å²) in [4.78, 5) is 11.6. The molecule has 1 rings (SSSR count). The molecule has 2 atom stereocenters. The van der Waals surface area contributed by atoms with Crippen molar-refractivity contribution in [3.63, 3.8) is 0 Å². The maximum Gasteiger partial charge on any atom is 0.407 e. The van der Waals surface area contributed by atoms with Gasteiger partial charge in [-0.25, -0.2) is 4.79 Å². The van der Waals surface area contributed by atoms with Crippen LogP contribution in [0.3, 0.4) is 0 Å². The number of phenols is 1. The number of benzene rings is 1. The molecule has 0 aliphatic carbocycles. The maximum absolute atomic E-state index is 11.6. The van der Waals surface area contributed by atoms with Crippen molar-refractivity contribution >= 4 is 6.09 Å². The van der Waals surface area contributed by atoms with Crippen LogP contribution in [0, 0.1) is 0 Å². The highest BCUT2D eigenvalue weighted by atomic mass is 16.6. The molecule has 0 aliphatic rings. The van der Waals surface area contributed by atoms with Crippen molar-refractivity contribution < 1.29 is 19.7 Å². The number of aliphatic hydroxyl groups is 1. The fourth-order valence-electron chi connectivity index (χ4n) is 1.57. The third kappa shape index (κ3) is 5.18. The normalized spacial score (nSPS) is 14.6. The number of aromatic hydroxyl groups is 1. The molecule has 0 unspecified atom stereocenters. The molecule has 1 amide bonds. The number of phenolic OH excluding ortho intramolecular Hbond substituents is 1. The van der Waals surface area contributed by atoms with Crippen LogP contribution >= 0.6 is 0 Å².